The summed E-state index contributed by atoms with van der Waals surface area (Å²) < 4.78 is 32.7. The van der Waals surface area contributed by atoms with E-state index in [0.29, 0.717) is 38.5 Å². The Morgan fingerprint density at radius 1 is 1.03 bits per heavy atom. The standard InChI is InChI=1S/C24H33N3O4S/c1-5-31-22-8-10-23(11-9-22)32(29,30)27-14-12-26(13-15-27)17-24(28)25-20(4)21-7-6-18(2)19(3)16-21/h6-11,16,20H,5,12-15,17H2,1-4H3,(H,25,28). The molecule has 0 bridgehead atoms. The molecule has 2 aromatic carbocycles. The highest BCUT2D eigenvalue weighted by molar-refractivity contribution is 7.89. The average molecular weight is 460 g/mol. The predicted octanol–water partition coefficient (Wildman–Crippen LogP) is 2.89. The fraction of sp³-hybridized carbons (Fsp3) is 0.458. The number of piperazine rings is 1. The van der Waals surface area contributed by atoms with Crippen molar-refractivity contribution in [1.29, 1.82) is 0 Å². The van der Waals surface area contributed by atoms with Crippen molar-refractivity contribution in [2.75, 3.05) is 39.3 Å². The summed E-state index contributed by atoms with van der Waals surface area (Å²) in [5, 5.41) is 3.05. The quantitative estimate of drug-likeness (QED) is 0.657. The SMILES string of the molecule is CCOc1ccc(S(=O)(=O)N2CCN(CC(=O)NC(C)c3ccc(C)c(C)c3)CC2)cc1. The van der Waals surface area contributed by atoms with E-state index >= 15 is 0 Å². The molecule has 1 heterocycles. The summed E-state index contributed by atoms with van der Waals surface area (Å²) in [6.07, 6.45) is 0. The minimum Gasteiger partial charge on any atom is -0.494 e. The summed E-state index contributed by atoms with van der Waals surface area (Å²) in [5.74, 6) is 0.593. The predicted molar refractivity (Wildman–Crippen MR) is 125 cm³/mol. The second kappa shape index (κ2) is 10.5. The molecule has 174 valence electrons. The zero-order chi connectivity index (χ0) is 23.3. The molecule has 8 heteroatoms. The molecule has 1 amide bonds. The van der Waals surface area contributed by atoms with Crippen LogP contribution in [-0.2, 0) is 14.8 Å². The van der Waals surface area contributed by atoms with Gasteiger partial charge in [0, 0.05) is 26.2 Å². The van der Waals surface area contributed by atoms with Crippen LogP contribution in [-0.4, -0.2) is 62.9 Å². The fourth-order valence-electron chi connectivity index (χ4n) is 3.76. The van der Waals surface area contributed by atoms with Crippen LogP contribution in [0.4, 0.5) is 0 Å². The van der Waals surface area contributed by atoms with Crippen molar-refractivity contribution in [2.45, 2.75) is 38.6 Å². The lowest BCUT2D eigenvalue weighted by Crippen LogP contribution is -2.51. The molecule has 1 aliphatic heterocycles. The van der Waals surface area contributed by atoms with Crippen LogP contribution in [0, 0.1) is 13.8 Å². The van der Waals surface area contributed by atoms with E-state index in [9.17, 15) is 13.2 Å². The number of benzene rings is 2. The number of nitrogens with one attached hydrogen (secondary N) is 1. The number of hydrogen-bond donors (Lipinski definition) is 1. The van der Waals surface area contributed by atoms with Crippen LogP contribution in [0.1, 0.15) is 36.6 Å². The zero-order valence-electron chi connectivity index (χ0n) is 19.3. The van der Waals surface area contributed by atoms with Crippen LogP contribution in [0.5, 0.6) is 5.75 Å². The number of rotatable bonds is 8. The first-order chi connectivity index (χ1) is 15.2. The molecule has 0 aromatic heterocycles. The third-order valence-corrected chi connectivity index (χ3v) is 7.79. The molecule has 1 saturated heterocycles. The highest BCUT2D eigenvalue weighted by Gasteiger charge is 2.29. The first kappa shape index (κ1) is 24.2. The van der Waals surface area contributed by atoms with Crippen LogP contribution >= 0.6 is 0 Å². The van der Waals surface area contributed by atoms with E-state index in [-0.39, 0.29) is 23.4 Å². The topological polar surface area (TPSA) is 79.0 Å². The third kappa shape index (κ3) is 5.88. The number of carbonyl (C=O) groups excluding carboxylic acids is 1. The van der Waals surface area contributed by atoms with Crippen molar-refractivity contribution < 1.29 is 17.9 Å². The molecule has 3 rings (SSSR count). The molecule has 0 radical (unpaired) electrons. The summed E-state index contributed by atoms with van der Waals surface area (Å²) in [6, 6.07) is 12.6. The largest absolute Gasteiger partial charge is 0.494 e. The van der Waals surface area contributed by atoms with E-state index in [4.69, 9.17) is 4.74 Å². The minimum absolute atomic E-state index is 0.0569. The number of amides is 1. The van der Waals surface area contributed by atoms with E-state index in [1.165, 1.54) is 15.4 Å². The molecule has 32 heavy (non-hydrogen) atoms. The van der Waals surface area contributed by atoms with Gasteiger partial charge in [-0.25, -0.2) is 8.42 Å². The van der Waals surface area contributed by atoms with Crippen molar-refractivity contribution in [2.24, 2.45) is 0 Å². The van der Waals surface area contributed by atoms with Crippen molar-refractivity contribution in [3.8, 4) is 5.75 Å². The number of nitrogens with zero attached hydrogens (tertiary/aromatic N) is 2. The smallest absolute Gasteiger partial charge is 0.243 e. The van der Waals surface area contributed by atoms with Gasteiger partial charge in [0.05, 0.1) is 24.1 Å². The van der Waals surface area contributed by atoms with Crippen LogP contribution in [0.2, 0.25) is 0 Å². The van der Waals surface area contributed by atoms with E-state index in [1.807, 2.05) is 24.8 Å². The maximum atomic E-state index is 12.9. The maximum Gasteiger partial charge on any atom is 0.243 e. The van der Waals surface area contributed by atoms with E-state index in [1.54, 1.807) is 24.3 Å². The summed E-state index contributed by atoms with van der Waals surface area (Å²) in [7, 11) is -3.56. The van der Waals surface area contributed by atoms with Gasteiger partial charge in [0.25, 0.3) is 0 Å². The highest BCUT2D eigenvalue weighted by atomic mass is 32.2. The Balaban J connectivity index is 1.51. The van der Waals surface area contributed by atoms with E-state index < -0.39 is 10.0 Å². The number of carbonyl (C=O) groups is 1. The zero-order valence-corrected chi connectivity index (χ0v) is 20.1. The van der Waals surface area contributed by atoms with Gasteiger partial charge < -0.3 is 10.1 Å². The Morgan fingerprint density at radius 3 is 2.28 bits per heavy atom. The molecule has 1 fully saturated rings. The lowest BCUT2D eigenvalue weighted by Gasteiger charge is -2.33. The van der Waals surface area contributed by atoms with Gasteiger partial charge in [0.2, 0.25) is 15.9 Å². The number of ether oxygens (including phenoxy) is 1. The van der Waals surface area contributed by atoms with Crippen molar-refractivity contribution in [3.63, 3.8) is 0 Å². The second-order valence-corrected chi connectivity index (χ2v) is 10.2. The van der Waals surface area contributed by atoms with Gasteiger partial charge in [-0.05, 0) is 68.7 Å². The first-order valence-electron chi connectivity index (χ1n) is 11.0. The van der Waals surface area contributed by atoms with Gasteiger partial charge in [0.1, 0.15) is 5.75 Å². The number of hydrogen-bond acceptors (Lipinski definition) is 5. The van der Waals surface area contributed by atoms with Crippen LogP contribution in [0.25, 0.3) is 0 Å². The number of sulfonamides is 1. The van der Waals surface area contributed by atoms with Gasteiger partial charge >= 0.3 is 0 Å². The first-order valence-corrected chi connectivity index (χ1v) is 12.5. The normalized spacial score (nSPS) is 16.5. The van der Waals surface area contributed by atoms with Gasteiger partial charge in [-0.2, -0.15) is 4.31 Å². The Kier molecular flexibility index (Phi) is 7.92. The molecule has 0 aliphatic carbocycles. The third-order valence-electron chi connectivity index (χ3n) is 5.88. The molecule has 1 atom stereocenters. The van der Waals surface area contributed by atoms with Crippen molar-refractivity contribution in [3.05, 3.63) is 59.2 Å². The molecule has 0 spiro atoms. The van der Waals surface area contributed by atoms with Gasteiger partial charge in [0.15, 0.2) is 0 Å². The molecular weight excluding hydrogens is 426 g/mol. The summed E-state index contributed by atoms with van der Waals surface area (Å²) in [4.78, 5) is 14.8. The average Bonchev–Trinajstić information content (AvgIpc) is 2.76. The van der Waals surface area contributed by atoms with Crippen molar-refractivity contribution >= 4 is 15.9 Å². The van der Waals surface area contributed by atoms with Gasteiger partial charge in [-0.15, -0.1) is 0 Å². The Hall–Kier alpha value is -2.42. The molecule has 1 N–H and O–H groups in total. The van der Waals surface area contributed by atoms with Gasteiger partial charge in [-0.3, -0.25) is 9.69 Å². The van der Waals surface area contributed by atoms with Crippen LogP contribution < -0.4 is 10.1 Å². The van der Waals surface area contributed by atoms with Crippen LogP contribution in [0.3, 0.4) is 0 Å². The molecule has 7 nitrogen and oxygen atoms in total. The summed E-state index contributed by atoms with van der Waals surface area (Å²) >= 11 is 0. The number of aryl methyl sites for hydroxylation is 2. The van der Waals surface area contributed by atoms with Crippen LogP contribution in [0.15, 0.2) is 47.4 Å². The lowest BCUT2D eigenvalue weighted by molar-refractivity contribution is -0.123. The Bertz CT molecular complexity index is 1030. The molecule has 1 unspecified atom stereocenters. The maximum absolute atomic E-state index is 12.9. The van der Waals surface area contributed by atoms with E-state index in [0.717, 1.165) is 5.56 Å². The highest BCUT2D eigenvalue weighted by Crippen LogP contribution is 2.21. The second-order valence-electron chi connectivity index (χ2n) is 8.22. The van der Waals surface area contributed by atoms with Gasteiger partial charge in [-0.1, -0.05) is 18.2 Å². The van der Waals surface area contributed by atoms with E-state index in [2.05, 4.69) is 31.3 Å². The summed E-state index contributed by atoms with van der Waals surface area (Å²) in [6.45, 7) is 10.5. The fourth-order valence-corrected chi connectivity index (χ4v) is 5.18. The Morgan fingerprint density at radius 2 is 1.69 bits per heavy atom. The molecule has 0 saturated carbocycles. The van der Waals surface area contributed by atoms with Crippen molar-refractivity contribution in [1.82, 2.24) is 14.5 Å². The minimum atomic E-state index is -3.56. The summed E-state index contributed by atoms with van der Waals surface area (Å²) in [5.41, 5.74) is 3.51. The lowest BCUT2D eigenvalue weighted by atomic mass is 10.0. The monoisotopic (exact) mass is 459 g/mol. The molecular formula is C24H33N3O4S. The Labute approximate surface area is 191 Å². The molecule has 1 aliphatic rings. The molecule has 2 aromatic rings.